The second kappa shape index (κ2) is 4.67. The summed E-state index contributed by atoms with van der Waals surface area (Å²) >= 11 is 0. The van der Waals surface area contributed by atoms with Gasteiger partial charge < -0.3 is 16.0 Å². The zero-order valence-electron chi connectivity index (χ0n) is 7.71. The molecule has 13 heavy (non-hydrogen) atoms. The van der Waals surface area contributed by atoms with Crippen LogP contribution < -0.4 is 11.1 Å². The lowest BCUT2D eigenvalue weighted by Gasteiger charge is -2.08. The average molecular weight is 181 g/mol. The van der Waals surface area contributed by atoms with Gasteiger partial charge in [-0.25, -0.2) is 0 Å². The van der Waals surface area contributed by atoms with Crippen LogP contribution in [0.25, 0.3) is 0 Å². The SMILES string of the molecule is CC(CN)C(=O)NCc1ccc[nH]1. The molecule has 1 rings (SSSR count). The van der Waals surface area contributed by atoms with Crippen molar-refractivity contribution in [3.63, 3.8) is 0 Å². The second-order valence-corrected chi connectivity index (χ2v) is 3.05. The van der Waals surface area contributed by atoms with Crippen molar-refractivity contribution in [3.8, 4) is 0 Å². The third-order valence-electron chi connectivity index (χ3n) is 1.92. The van der Waals surface area contributed by atoms with E-state index in [1.165, 1.54) is 0 Å². The molecule has 0 fully saturated rings. The van der Waals surface area contributed by atoms with Crippen molar-refractivity contribution in [2.45, 2.75) is 13.5 Å². The third-order valence-corrected chi connectivity index (χ3v) is 1.92. The van der Waals surface area contributed by atoms with E-state index in [-0.39, 0.29) is 11.8 Å². The zero-order valence-corrected chi connectivity index (χ0v) is 7.71. The van der Waals surface area contributed by atoms with E-state index in [0.717, 1.165) is 5.69 Å². The minimum atomic E-state index is -0.116. The van der Waals surface area contributed by atoms with Gasteiger partial charge in [-0.05, 0) is 12.1 Å². The molecule has 1 atom stereocenters. The molecule has 1 aromatic heterocycles. The van der Waals surface area contributed by atoms with Gasteiger partial charge in [-0.2, -0.15) is 0 Å². The molecule has 4 nitrogen and oxygen atoms in total. The van der Waals surface area contributed by atoms with Gasteiger partial charge in [-0.1, -0.05) is 6.92 Å². The van der Waals surface area contributed by atoms with Crippen molar-refractivity contribution in [1.29, 1.82) is 0 Å². The van der Waals surface area contributed by atoms with Gasteiger partial charge in [0.25, 0.3) is 0 Å². The van der Waals surface area contributed by atoms with E-state index in [1.807, 2.05) is 25.3 Å². The van der Waals surface area contributed by atoms with Crippen LogP contribution in [0.3, 0.4) is 0 Å². The minimum absolute atomic E-state index is 0.00269. The van der Waals surface area contributed by atoms with Crippen LogP contribution in [0, 0.1) is 5.92 Å². The number of hydrogen-bond acceptors (Lipinski definition) is 2. The second-order valence-electron chi connectivity index (χ2n) is 3.05. The van der Waals surface area contributed by atoms with E-state index in [0.29, 0.717) is 13.1 Å². The lowest BCUT2D eigenvalue weighted by atomic mass is 10.2. The number of amides is 1. The molecular weight excluding hydrogens is 166 g/mol. The van der Waals surface area contributed by atoms with Crippen LogP contribution >= 0.6 is 0 Å². The summed E-state index contributed by atoms with van der Waals surface area (Å²) < 4.78 is 0. The number of nitrogens with one attached hydrogen (secondary N) is 2. The number of rotatable bonds is 4. The number of H-pyrrole nitrogens is 1. The minimum Gasteiger partial charge on any atom is -0.364 e. The number of carbonyl (C=O) groups excluding carboxylic acids is 1. The summed E-state index contributed by atoms with van der Waals surface area (Å²) in [4.78, 5) is 14.3. The molecule has 72 valence electrons. The molecule has 1 unspecified atom stereocenters. The van der Waals surface area contributed by atoms with Gasteiger partial charge in [0.1, 0.15) is 0 Å². The van der Waals surface area contributed by atoms with Crippen molar-refractivity contribution >= 4 is 5.91 Å². The van der Waals surface area contributed by atoms with Gasteiger partial charge in [0, 0.05) is 24.4 Å². The molecule has 0 aromatic carbocycles. The lowest BCUT2D eigenvalue weighted by Crippen LogP contribution is -2.32. The Labute approximate surface area is 77.5 Å². The van der Waals surface area contributed by atoms with E-state index in [9.17, 15) is 4.79 Å². The molecule has 0 aliphatic heterocycles. The van der Waals surface area contributed by atoms with Gasteiger partial charge in [0.05, 0.1) is 6.54 Å². The Bertz CT molecular complexity index is 256. The van der Waals surface area contributed by atoms with Crippen molar-refractivity contribution in [3.05, 3.63) is 24.0 Å². The summed E-state index contributed by atoms with van der Waals surface area (Å²) in [7, 11) is 0. The molecule has 0 saturated heterocycles. The molecule has 0 saturated carbocycles. The Balaban J connectivity index is 2.31. The van der Waals surface area contributed by atoms with Crippen molar-refractivity contribution in [1.82, 2.24) is 10.3 Å². The maximum atomic E-state index is 11.3. The van der Waals surface area contributed by atoms with Crippen LogP contribution in [0.4, 0.5) is 0 Å². The van der Waals surface area contributed by atoms with E-state index in [2.05, 4.69) is 10.3 Å². The van der Waals surface area contributed by atoms with Crippen LogP contribution in [0.15, 0.2) is 18.3 Å². The van der Waals surface area contributed by atoms with Crippen molar-refractivity contribution < 1.29 is 4.79 Å². The fraction of sp³-hybridized carbons (Fsp3) is 0.444. The smallest absolute Gasteiger partial charge is 0.224 e. The molecular formula is C9H15N3O. The third kappa shape index (κ3) is 2.91. The monoisotopic (exact) mass is 181 g/mol. The van der Waals surface area contributed by atoms with Crippen LogP contribution in [-0.4, -0.2) is 17.4 Å². The summed E-state index contributed by atoms with van der Waals surface area (Å²) in [6, 6.07) is 3.82. The topological polar surface area (TPSA) is 70.9 Å². The van der Waals surface area contributed by atoms with Gasteiger partial charge in [0.15, 0.2) is 0 Å². The number of carbonyl (C=O) groups is 1. The Morgan fingerprint density at radius 1 is 1.77 bits per heavy atom. The quantitative estimate of drug-likeness (QED) is 0.622. The van der Waals surface area contributed by atoms with Crippen molar-refractivity contribution in [2.24, 2.45) is 11.7 Å². The molecule has 0 radical (unpaired) electrons. The summed E-state index contributed by atoms with van der Waals surface area (Å²) in [6.45, 7) is 2.73. The first-order valence-electron chi connectivity index (χ1n) is 4.34. The first-order valence-corrected chi connectivity index (χ1v) is 4.34. The Hall–Kier alpha value is -1.29. The normalized spacial score (nSPS) is 12.5. The van der Waals surface area contributed by atoms with Crippen LogP contribution in [0.2, 0.25) is 0 Å². The van der Waals surface area contributed by atoms with E-state index in [1.54, 1.807) is 0 Å². The number of aromatic nitrogens is 1. The molecule has 1 heterocycles. The standard InChI is InChI=1S/C9H15N3O/c1-7(5-10)9(13)12-6-8-3-2-4-11-8/h2-4,7,11H,5-6,10H2,1H3,(H,12,13). The molecule has 1 amide bonds. The highest BCUT2D eigenvalue weighted by molar-refractivity contribution is 5.78. The van der Waals surface area contributed by atoms with Crippen LogP contribution in [0.5, 0.6) is 0 Å². The molecule has 0 bridgehead atoms. The largest absolute Gasteiger partial charge is 0.364 e. The van der Waals surface area contributed by atoms with Crippen molar-refractivity contribution in [2.75, 3.05) is 6.54 Å². The highest BCUT2D eigenvalue weighted by Crippen LogP contribution is 1.95. The first-order chi connectivity index (χ1) is 6.24. The fourth-order valence-corrected chi connectivity index (χ4v) is 0.941. The Morgan fingerprint density at radius 3 is 3.08 bits per heavy atom. The fourth-order valence-electron chi connectivity index (χ4n) is 0.941. The predicted octanol–water partition coefficient (Wildman–Crippen LogP) is 0.226. The summed E-state index contributed by atoms with van der Waals surface area (Å²) in [5.74, 6) is -0.118. The molecule has 0 aliphatic rings. The molecule has 0 aliphatic carbocycles. The van der Waals surface area contributed by atoms with Gasteiger partial charge in [-0.3, -0.25) is 4.79 Å². The van der Waals surface area contributed by atoms with E-state index < -0.39 is 0 Å². The molecule has 4 heteroatoms. The van der Waals surface area contributed by atoms with Gasteiger partial charge in [-0.15, -0.1) is 0 Å². The Morgan fingerprint density at radius 2 is 2.54 bits per heavy atom. The van der Waals surface area contributed by atoms with E-state index >= 15 is 0 Å². The number of aromatic amines is 1. The summed E-state index contributed by atoms with van der Waals surface area (Å²) in [5, 5.41) is 2.79. The highest BCUT2D eigenvalue weighted by atomic mass is 16.1. The Kier molecular flexibility index (Phi) is 3.52. The first kappa shape index (κ1) is 9.80. The highest BCUT2D eigenvalue weighted by Gasteiger charge is 2.09. The average Bonchev–Trinajstić information content (AvgIpc) is 2.65. The van der Waals surface area contributed by atoms with Crippen LogP contribution in [0.1, 0.15) is 12.6 Å². The van der Waals surface area contributed by atoms with Crippen LogP contribution in [-0.2, 0) is 11.3 Å². The maximum Gasteiger partial charge on any atom is 0.224 e. The lowest BCUT2D eigenvalue weighted by molar-refractivity contribution is -0.124. The summed E-state index contributed by atoms with van der Waals surface area (Å²) in [5.41, 5.74) is 6.35. The predicted molar refractivity (Wildman–Crippen MR) is 50.9 cm³/mol. The van der Waals surface area contributed by atoms with Gasteiger partial charge >= 0.3 is 0 Å². The maximum absolute atomic E-state index is 11.3. The van der Waals surface area contributed by atoms with Gasteiger partial charge in [0.2, 0.25) is 5.91 Å². The molecule has 0 spiro atoms. The number of nitrogens with two attached hydrogens (primary N) is 1. The number of hydrogen-bond donors (Lipinski definition) is 3. The molecule has 4 N–H and O–H groups in total. The summed E-state index contributed by atoms with van der Waals surface area (Å²) in [6.07, 6.45) is 1.83. The zero-order chi connectivity index (χ0) is 9.68. The van der Waals surface area contributed by atoms with E-state index in [4.69, 9.17) is 5.73 Å². The molecule has 1 aromatic rings.